The molecule has 3 N–H and O–H groups in total. The molecule has 0 radical (unpaired) electrons. The Bertz CT molecular complexity index is 513. The second kappa shape index (κ2) is 4.35. The molecule has 0 fully saturated rings. The Morgan fingerprint density at radius 3 is 2.88 bits per heavy atom. The van der Waals surface area contributed by atoms with Gasteiger partial charge >= 0.3 is 0 Å². The molecule has 84 valence electrons. The van der Waals surface area contributed by atoms with E-state index in [2.05, 4.69) is 22.5 Å². The van der Waals surface area contributed by atoms with Crippen molar-refractivity contribution in [3.05, 3.63) is 30.1 Å². The van der Waals surface area contributed by atoms with Gasteiger partial charge in [-0.2, -0.15) is 0 Å². The molecule has 16 heavy (non-hydrogen) atoms. The second-order valence-electron chi connectivity index (χ2n) is 3.80. The number of hydrogen-bond acceptors (Lipinski definition) is 2. The highest BCUT2D eigenvalue weighted by Gasteiger charge is 2.08. The number of nitrogens with two attached hydrogens (primary N) is 1. The van der Waals surface area contributed by atoms with E-state index < -0.39 is 0 Å². The van der Waals surface area contributed by atoms with Gasteiger partial charge in [0.25, 0.3) is 0 Å². The highest BCUT2D eigenvalue weighted by Crippen LogP contribution is 2.16. The van der Waals surface area contributed by atoms with Gasteiger partial charge < -0.3 is 10.3 Å². The topological polar surface area (TPSA) is 67.7 Å². The molecule has 0 bridgehead atoms. The summed E-state index contributed by atoms with van der Waals surface area (Å²) in [5.41, 5.74) is 7.54. The van der Waals surface area contributed by atoms with Gasteiger partial charge in [0, 0.05) is 19.4 Å². The van der Waals surface area contributed by atoms with E-state index in [0.29, 0.717) is 6.42 Å². The Morgan fingerprint density at radius 2 is 2.19 bits per heavy atom. The first kappa shape index (κ1) is 10.7. The second-order valence-corrected chi connectivity index (χ2v) is 3.80. The molecule has 0 unspecified atom stereocenters. The lowest BCUT2D eigenvalue weighted by Gasteiger charge is -2.06. The van der Waals surface area contributed by atoms with E-state index in [1.807, 2.05) is 18.2 Å². The third-order valence-corrected chi connectivity index (χ3v) is 2.65. The summed E-state index contributed by atoms with van der Waals surface area (Å²) in [6, 6.07) is 8.07. The lowest BCUT2D eigenvalue weighted by molar-refractivity contribution is 0.694. The van der Waals surface area contributed by atoms with Gasteiger partial charge in [-0.05, 0) is 12.1 Å². The van der Waals surface area contributed by atoms with Crippen LogP contribution in [0.5, 0.6) is 0 Å². The molecule has 0 saturated heterocycles. The average Bonchev–Trinajstić information content (AvgIpc) is 2.64. The van der Waals surface area contributed by atoms with E-state index in [1.165, 1.54) is 0 Å². The van der Waals surface area contributed by atoms with Crippen LogP contribution in [0, 0.1) is 5.41 Å². The summed E-state index contributed by atoms with van der Waals surface area (Å²) < 4.78 is 2.15. The first-order valence-corrected chi connectivity index (χ1v) is 5.49. The lowest BCUT2D eigenvalue weighted by Crippen LogP contribution is -2.14. The van der Waals surface area contributed by atoms with E-state index in [1.54, 1.807) is 0 Å². The number of nitrogens with one attached hydrogen (secondary N) is 1. The van der Waals surface area contributed by atoms with E-state index in [9.17, 15) is 0 Å². The maximum Gasteiger partial charge on any atom is 0.109 e. The SMILES string of the molecule is CCc1nc2ccccc2n1CCC(=N)N. The minimum absolute atomic E-state index is 0.222. The summed E-state index contributed by atoms with van der Waals surface area (Å²) in [7, 11) is 0. The van der Waals surface area contributed by atoms with Crippen LogP contribution >= 0.6 is 0 Å². The third kappa shape index (κ3) is 1.91. The van der Waals surface area contributed by atoms with Crippen molar-refractivity contribution in [3.63, 3.8) is 0 Å². The van der Waals surface area contributed by atoms with Gasteiger partial charge in [-0.25, -0.2) is 4.98 Å². The summed E-state index contributed by atoms with van der Waals surface area (Å²) in [6.07, 6.45) is 1.47. The van der Waals surface area contributed by atoms with Gasteiger partial charge in [0.2, 0.25) is 0 Å². The largest absolute Gasteiger partial charge is 0.388 e. The maximum absolute atomic E-state index is 7.28. The molecule has 0 saturated carbocycles. The number of rotatable bonds is 4. The van der Waals surface area contributed by atoms with E-state index >= 15 is 0 Å². The molecule has 0 aliphatic carbocycles. The highest BCUT2D eigenvalue weighted by molar-refractivity contribution is 5.78. The Kier molecular flexibility index (Phi) is 2.90. The first-order valence-electron chi connectivity index (χ1n) is 5.49. The predicted octanol–water partition coefficient (Wildman–Crippen LogP) is 1.92. The third-order valence-electron chi connectivity index (χ3n) is 2.65. The summed E-state index contributed by atoms with van der Waals surface area (Å²) in [5, 5.41) is 7.28. The molecule has 4 nitrogen and oxygen atoms in total. The Hall–Kier alpha value is -1.84. The summed E-state index contributed by atoms with van der Waals surface area (Å²) in [5.74, 6) is 1.28. The minimum Gasteiger partial charge on any atom is -0.388 e. The normalized spacial score (nSPS) is 10.8. The molecule has 1 aromatic heterocycles. The van der Waals surface area contributed by atoms with Crippen LogP contribution in [0.25, 0.3) is 11.0 Å². The number of nitrogens with zero attached hydrogens (tertiary/aromatic N) is 2. The summed E-state index contributed by atoms with van der Waals surface area (Å²) in [4.78, 5) is 4.56. The van der Waals surface area contributed by atoms with Crippen LogP contribution in [-0.4, -0.2) is 15.4 Å². The average molecular weight is 216 g/mol. The molecule has 2 aromatic rings. The van der Waals surface area contributed by atoms with Crippen LogP contribution < -0.4 is 5.73 Å². The van der Waals surface area contributed by atoms with Crippen molar-refractivity contribution in [1.29, 1.82) is 5.41 Å². The molecule has 1 heterocycles. The van der Waals surface area contributed by atoms with Gasteiger partial charge in [0.1, 0.15) is 5.82 Å². The van der Waals surface area contributed by atoms with Crippen molar-refractivity contribution in [1.82, 2.24) is 9.55 Å². The Labute approximate surface area is 94.6 Å². The predicted molar refractivity (Wildman–Crippen MR) is 65.6 cm³/mol. The molecule has 0 aliphatic heterocycles. The number of aromatic nitrogens is 2. The van der Waals surface area contributed by atoms with Crippen molar-refractivity contribution in [2.45, 2.75) is 26.3 Å². The van der Waals surface area contributed by atoms with Crippen LogP contribution in [0.3, 0.4) is 0 Å². The van der Waals surface area contributed by atoms with Gasteiger partial charge in [-0.15, -0.1) is 0 Å². The van der Waals surface area contributed by atoms with Gasteiger partial charge in [-0.3, -0.25) is 5.41 Å². The van der Waals surface area contributed by atoms with Gasteiger partial charge in [-0.1, -0.05) is 19.1 Å². The standard InChI is InChI=1S/C12H16N4/c1-2-12-15-9-5-3-4-6-10(9)16(12)8-7-11(13)14/h3-6H,2,7-8H2,1H3,(H3,13,14). The molecular weight excluding hydrogens is 200 g/mol. The van der Waals surface area contributed by atoms with E-state index in [4.69, 9.17) is 11.1 Å². The minimum atomic E-state index is 0.222. The molecule has 0 atom stereocenters. The van der Waals surface area contributed by atoms with Crippen LogP contribution in [0.15, 0.2) is 24.3 Å². The Morgan fingerprint density at radius 1 is 1.44 bits per heavy atom. The fraction of sp³-hybridized carbons (Fsp3) is 0.333. The van der Waals surface area contributed by atoms with Crippen LogP contribution in [0.2, 0.25) is 0 Å². The lowest BCUT2D eigenvalue weighted by atomic mass is 10.3. The van der Waals surface area contributed by atoms with E-state index in [-0.39, 0.29) is 5.84 Å². The van der Waals surface area contributed by atoms with Crippen molar-refractivity contribution in [3.8, 4) is 0 Å². The van der Waals surface area contributed by atoms with Gasteiger partial charge in [0.15, 0.2) is 0 Å². The molecule has 2 rings (SSSR count). The van der Waals surface area contributed by atoms with Crippen LogP contribution in [0.4, 0.5) is 0 Å². The fourth-order valence-corrected chi connectivity index (χ4v) is 1.88. The maximum atomic E-state index is 7.28. The summed E-state index contributed by atoms with van der Waals surface area (Å²) >= 11 is 0. The number of imidazole rings is 1. The molecular formula is C12H16N4. The first-order chi connectivity index (χ1) is 7.72. The van der Waals surface area contributed by atoms with Crippen LogP contribution in [0.1, 0.15) is 19.2 Å². The molecule has 0 amide bonds. The van der Waals surface area contributed by atoms with Crippen molar-refractivity contribution in [2.75, 3.05) is 0 Å². The zero-order chi connectivity index (χ0) is 11.5. The zero-order valence-electron chi connectivity index (χ0n) is 9.40. The number of fused-ring (bicyclic) bond motifs is 1. The van der Waals surface area contributed by atoms with Gasteiger partial charge in [0.05, 0.1) is 16.9 Å². The summed E-state index contributed by atoms with van der Waals surface area (Å²) in [6.45, 7) is 2.82. The number of amidine groups is 1. The number of para-hydroxylation sites is 2. The Balaban J connectivity index is 2.43. The number of aryl methyl sites for hydroxylation is 2. The zero-order valence-corrected chi connectivity index (χ0v) is 9.40. The monoisotopic (exact) mass is 216 g/mol. The van der Waals surface area contributed by atoms with E-state index in [0.717, 1.165) is 29.8 Å². The molecule has 4 heteroatoms. The molecule has 0 spiro atoms. The quantitative estimate of drug-likeness (QED) is 0.605. The fourth-order valence-electron chi connectivity index (χ4n) is 1.88. The van der Waals surface area contributed by atoms with Crippen molar-refractivity contribution in [2.24, 2.45) is 5.73 Å². The van der Waals surface area contributed by atoms with Crippen LogP contribution in [-0.2, 0) is 13.0 Å². The van der Waals surface area contributed by atoms with Crippen molar-refractivity contribution < 1.29 is 0 Å². The highest BCUT2D eigenvalue weighted by atomic mass is 15.1. The molecule has 0 aliphatic rings. The number of benzene rings is 1. The number of hydrogen-bond donors (Lipinski definition) is 2. The molecule has 1 aromatic carbocycles. The van der Waals surface area contributed by atoms with Crippen molar-refractivity contribution >= 4 is 16.9 Å². The smallest absolute Gasteiger partial charge is 0.109 e.